The molecule has 0 aromatic carbocycles. The molecule has 1 aromatic rings. The predicted molar refractivity (Wildman–Crippen MR) is 83.3 cm³/mol. The van der Waals surface area contributed by atoms with E-state index in [1.807, 2.05) is 23.4 Å². The summed E-state index contributed by atoms with van der Waals surface area (Å²) in [4.78, 5) is 16.3. The van der Waals surface area contributed by atoms with E-state index in [1.54, 1.807) is 11.3 Å². The summed E-state index contributed by atoms with van der Waals surface area (Å²) in [5.41, 5.74) is 0.812. The van der Waals surface area contributed by atoms with Crippen LogP contribution in [0.4, 0.5) is 0 Å². The minimum Gasteiger partial charge on any atom is -0.340 e. The molecule has 0 unspecified atom stereocenters. The van der Waals surface area contributed by atoms with Gasteiger partial charge in [0.2, 0.25) is 0 Å². The van der Waals surface area contributed by atoms with Crippen molar-refractivity contribution in [2.45, 2.75) is 0 Å². The minimum atomic E-state index is 0.129. The average molecular weight is 379 g/mol. The maximum absolute atomic E-state index is 12.1. The quantitative estimate of drug-likeness (QED) is 0.802. The highest BCUT2D eigenvalue weighted by molar-refractivity contribution is 14.1. The van der Waals surface area contributed by atoms with E-state index in [4.69, 9.17) is 0 Å². The Labute approximate surface area is 125 Å². The standard InChI is InChI=1S/C12H18IN3OS/c1-15(6-7-16-4-2-14-3-5-16)12(17)10-8-11(13)18-9-10/h8-9,14H,2-7H2,1H3. The number of likely N-dealkylation sites (N-methyl/N-ethyl adjacent to an activating group) is 1. The van der Waals surface area contributed by atoms with Gasteiger partial charge in [0.1, 0.15) is 0 Å². The van der Waals surface area contributed by atoms with Crippen LogP contribution in [0.1, 0.15) is 10.4 Å². The van der Waals surface area contributed by atoms with Gasteiger partial charge in [-0.05, 0) is 28.7 Å². The van der Waals surface area contributed by atoms with Gasteiger partial charge in [-0.15, -0.1) is 11.3 Å². The summed E-state index contributed by atoms with van der Waals surface area (Å²) < 4.78 is 1.16. The molecular formula is C12H18IN3OS. The normalized spacial score (nSPS) is 16.8. The molecule has 0 radical (unpaired) electrons. The molecule has 1 saturated heterocycles. The van der Waals surface area contributed by atoms with Gasteiger partial charge < -0.3 is 10.2 Å². The van der Waals surface area contributed by atoms with E-state index >= 15 is 0 Å². The minimum absolute atomic E-state index is 0.129. The van der Waals surface area contributed by atoms with Crippen molar-refractivity contribution in [3.05, 3.63) is 19.9 Å². The van der Waals surface area contributed by atoms with Gasteiger partial charge in [0, 0.05) is 51.7 Å². The van der Waals surface area contributed by atoms with E-state index < -0.39 is 0 Å². The smallest absolute Gasteiger partial charge is 0.254 e. The summed E-state index contributed by atoms with van der Waals surface area (Å²) in [5, 5.41) is 5.27. The molecule has 0 aliphatic carbocycles. The molecule has 18 heavy (non-hydrogen) atoms. The molecule has 1 amide bonds. The van der Waals surface area contributed by atoms with Gasteiger partial charge in [0.05, 0.1) is 8.45 Å². The third-order valence-electron chi connectivity index (χ3n) is 3.12. The number of nitrogens with one attached hydrogen (secondary N) is 1. The van der Waals surface area contributed by atoms with Crippen LogP contribution in [0.3, 0.4) is 0 Å². The molecule has 1 fully saturated rings. The van der Waals surface area contributed by atoms with Crippen molar-refractivity contribution in [2.24, 2.45) is 0 Å². The van der Waals surface area contributed by atoms with Crippen molar-refractivity contribution in [3.63, 3.8) is 0 Å². The van der Waals surface area contributed by atoms with Gasteiger partial charge in [-0.3, -0.25) is 9.69 Å². The van der Waals surface area contributed by atoms with Gasteiger partial charge >= 0.3 is 0 Å². The summed E-state index contributed by atoms with van der Waals surface area (Å²) >= 11 is 3.86. The highest BCUT2D eigenvalue weighted by Crippen LogP contribution is 2.17. The second-order valence-electron chi connectivity index (χ2n) is 4.46. The summed E-state index contributed by atoms with van der Waals surface area (Å²) in [6.45, 7) is 6.04. The molecule has 1 aromatic heterocycles. The first-order valence-corrected chi connectivity index (χ1v) is 8.05. The highest BCUT2D eigenvalue weighted by atomic mass is 127. The second kappa shape index (κ2) is 6.83. The van der Waals surface area contributed by atoms with Gasteiger partial charge in [0.25, 0.3) is 5.91 Å². The molecule has 0 saturated carbocycles. The van der Waals surface area contributed by atoms with Gasteiger partial charge in [-0.25, -0.2) is 0 Å². The maximum atomic E-state index is 12.1. The molecule has 4 nitrogen and oxygen atoms in total. The first-order chi connectivity index (χ1) is 8.66. The maximum Gasteiger partial charge on any atom is 0.254 e. The van der Waals surface area contributed by atoms with Crippen LogP contribution in [0.5, 0.6) is 0 Å². The SMILES string of the molecule is CN(CCN1CCNCC1)C(=O)c1csc(I)c1. The Kier molecular flexibility index (Phi) is 5.40. The van der Waals surface area contributed by atoms with Crippen molar-refractivity contribution in [1.29, 1.82) is 0 Å². The number of rotatable bonds is 4. The summed E-state index contributed by atoms with van der Waals surface area (Å²) in [6.07, 6.45) is 0. The zero-order chi connectivity index (χ0) is 13.0. The first kappa shape index (κ1) is 14.2. The van der Waals surface area contributed by atoms with Crippen molar-refractivity contribution in [3.8, 4) is 0 Å². The van der Waals surface area contributed by atoms with Crippen LogP contribution in [-0.2, 0) is 0 Å². The monoisotopic (exact) mass is 379 g/mol. The number of hydrogen-bond donors (Lipinski definition) is 1. The van der Waals surface area contributed by atoms with E-state index in [1.165, 1.54) is 0 Å². The van der Waals surface area contributed by atoms with Gasteiger partial charge in [-0.1, -0.05) is 0 Å². The molecule has 6 heteroatoms. The predicted octanol–water partition coefficient (Wildman–Crippen LogP) is 1.33. The Bertz CT molecular complexity index is 404. The lowest BCUT2D eigenvalue weighted by Gasteiger charge is -2.29. The second-order valence-corrected chi connectivity index (χ2v) is 7.26. The van der Waals surface area contributed by atoms with E-state index in [2.05, 4.69) is 32.8 Å². The van der Waals surface area contributed by atoms with Gasteiger partial charge in [-0.2, -0.15) is 0 Å². The lowest BCUT2D eigenvalue weighted by atomic mass is 10.3. The average Bonchev–Trinajstić information content (AvgIpc) is 2.83. The third-order valence-corrected chi connectivity index (χ3v) is 4.91. The van der Waals surface area contributed by atoms with E-state index in [0.29, 0.717) is 0 Å². The molecule has 1 aliphatic rings. The lowest BCUT2D eigenvalue weighted by Crippen LogP contribution is -2.46. The van der Waals surface area contributed by atoms with Crippen LogP contribution < -0.4 is 5.32 Å². The summed E-state index contributed by atoms with van der Waals surface area (Å²) in [7, 11) is 1.88. The lowest BCUT2D eigenvalue weighted by molar-refractivity contribution is 0.0775. The molecule has 0 spiro atoms. The van der Waals surface area contributed by atoms with Crippen LogP contribution in [0.25, 0.3) is 0 Å². The largest absolute Gasteiger partial charge is 0.340 e. The van der Waals surface area contributed by atoms with Crippen molar-refractivity contribution >= 4 is 39.8 Å². The first-order valence-electron chi connectivity index (χ1n) is 6.09. The number of hydrogen-bond acceptors (Lipinski definition) is 4. The van der Waals surface area contributed by atoms with Gasteiger partial charge in [0.15, 0.2) is 0 Å². The van der Waals surface area contributed by atoms with Crippen LogP contribution >= 0.6 is 33.9 Å². The van der Waals surface area contributed by atoms with E-state index in [-0.39, 0.29) is 5.91 Å². The van der Waals surface area contributed by atoms with Crippen molar-refractivity contribution < 1.29 is 4.79 Å². The zero-order valence-corrected chi connectivity index (χ0v) is 13.5. The number of halogens is 1. The molecule has 2 heterocycles. The summed E-state index contributed by atoms with van der Waals surface area (Å²) in [6, 6.07) is 1.95. The summed E-state index contributed by atoms with van der Waals surface area (Å²) in [5.74, 6) is 0.129. The number of nitrogens with zero attached hydrogens (tertiary/aromatic N) is 2. The van der Waals surface area contributed by atoms with Crippen LogP contribution in [-0.4, -0.2) is 62.0 Å². The fourth-order valence-corrected chi connectivity index (χ4v) is 3.29. The zero-order valence-electron chi connectivity index (χ0n) is 10.5. The van der Waals surface area contributed by atoms with E-state index in [9.17, 15) is 4.79 Å². The number of carbonyl (C=O) groups is 1. The molecule has 1 aliphatic heterocycles. The molecule has 1 N–H and O–H groups in total. The fraction of sp³-hybridized carbons (Fsp3) is 0.583. The number of amides is 1. The topological polar surface area (TPSA) is 35.6 Å². The van der Waals surface area contributed by atoms with Crippen molar-refractivity contribution in [1.82, 2.24) is 15.1 Å². The molecule has 0 atom stereocenters. The molecular weight excluding hydrogens is 361 g/mol. The fourth-order valence-electron chi connectivity index (χ4n) is 1.97. The number of carbonyl (C=O) groups excluding carboxylic acids is 1. The highest BCUT2D eigenvalue weighted by Gasteiger charge is 2.15. The van der Waals surface area contributed by atoms with Crippen LogP contribution in [0.2, 0.25) is 0 Å². The van der Waals surface area contributed by atoms with Crippen LogP contribution in [0.15, 0.2) is 11.4 Å². The Hall–Kier alpha value is -0.180. The molecule has 100 valence electrons. The Morgan fingerprint density at radius 1 is 1.56 bits per heavy atom. The Morgan fingerprint density at radius 2 is 2.28 bits per heavy atom. The number of piperazine rings is 1. The number of thiophene rings is 1. The molecule has 2 rings (SSSR count). The Morgan fingerprint density at radius 3 is 2.89 bits per heavy atom. The van der Waals surface area contributed by atoms with Crippen molar-refractivity contribution in [2.75, 3.05) is 46.3 Å². The molecule has 0 bridgehead atoms. The van der Waals surface area contributed by atoms with E-state index in [0.717, 1.165) is 47.7 Å². The van der Waals surface area contributed by atoms with Crippen LogP contribution in [0, 0.1) is 2.88 Å². The third kappa shape index (κ3) is 3.91. The Balaban J connectivity index is 1.80.